The maximum atomic E-state index is 10.1. The van der Waals surface area contributed by atoms with Crippen molar-refractivity contribution in [2.45, 2.75) is 18.9 Å². The van der Waals surface area contributed by atoms with Gasteiger partial charge < -0.3 is 20.1 Å². The molecule has 0 aromatic heterocycles. The molecule has 3 N–H and O–H groups in total. The summed E-state index contributed by atoms with van der Waals surface area (Å²) in [6.07, 6.45) is 2.10. The molecule has 0 spiro atoms. The van der Waals surface area contributed by atoms with Gasteiger partial charge in [-0.3, -0.25) is 0 Å². The van der Waals surface area contributed by atoms with Gasteiger partial charge in [-0.1, -0.05) is 18.2 Å². The highest BCUT2D eigenvalue weighted by molar-refractivity contribution is 5.72. The normalized spacial score (nSPS) is 12.1. The standard InChI is InChI=1S/C19H22O4/c1-3-4-13-5-7-19(22)17(9-13)14-6-8-18(21)15(10-14)11-16(20)12-23-2/h3,5-10,16,20-22H,1,4,11-12H2,2H3. The summed E-state index contributed by atoms with van der Waals surface area (Å²) in [6, 6.07) is 10.5. The van der Waals surface area contributed by atoms with Crippen LogP contribution in [0.2, 0.25) is 0 Å². The highest BCUT2D eigenvalue weighted by Gasteiger charge is 2.12. The molecule has 2 aromatic carbocycles. The highest BCUT2D eigenvalue weighted by atomic mass is 16.5. The Kier molecular flexibility index (Phi) is 5.79. The number of aliphatic hydroxyl groups is 1. The van der Waals surface area contributed by atoms with Crippen LogP contribution < -0.4 is 0 Å². The summed E-state index contributed by atoms with van der Waals surface area (Å²) in [5.74, 6) is 0.289. The van der Waals surface area contributed by atoms with Gasteiger partial charge in [0, 0.05) is 19.1 Å². The van der Waals surface area contributed by atoms with Crippen molar-refractivity contribution >= 4 is 0 Å². The summed E-state index contributed by atoms with van der Waals surface area (Å²) in [6.45, 7) is 3.92. The lowest BCUT2D eigenvalue weighted by molar-refractivity contribution is 0.0647. The Morgan fingerprint density at radius 2 is 1.87 bits per heavy atom. The van der Waals surface area contributed by atoms with E-state index in [4.69, 9.17) is 4.74 Å². The zero-order valence-electron chi connectivity index (χ0n) is 13.2. The molecule has 0 aliphatic rings. The molecule has 0 heterocycles. The third-order valence-corrected chi connectivity index (χ3v) is 3.65. The fourth-order valence-electron chi connectivity index (χ4n) is 2.53. The van der Waals surface area contributed by atoms with E-state index in [9.17, 15) is 15.3 Å². The van der Waals surface area contributed by atoms with E-state index in [1.54, 1.807) is 30.3 Å². The van der Waals surface area contributed by atoms with E-state index in [-0.39, 0.29) is 24.5 Å². The average Bonchev–Trinajstić information content (AvgIpc) is 2.52. The summed E-state index contributed by atoms with van der Waals surface area (Å²) in [5, 5.41) is 30.0. The smallest absolute Gasteiger partial charge is 0.123 e. The molecule has 0 saturated carbocycles. The van der Waals surface area contributed by atoms with Crippen LogP contribution in [-0.4, -0.2) is 35.1 Å². The molecule has 0 saturated heterocycles. The highest BCUT2D eigenvalue weighted by Crippen LogP contribution is 2.33. The average molecular weight is 314 g/mol. The number of hydrogen-bond donors (Lipinski definition) is 3. The number of benzene rings is 2. The van der Waals surface area contributed by atoms with Gasteiger partial charge in [-0.05, 0) is 47.4 Å². The van der Waals surface area contributed by atoms with E-state index in [1.807, 2.05) is 12.1 Å². The van der Waals surface area contributed by atoms with Gasteiger partial charge >= 0.3 is 0 Å². The predicted octanol–water partition coefficient (Wildman–Crippen LogP) is 3.04. The van der Waals surface area contributed by atoms with Gasteiger partial charge in [0.05, 0.1) is 12.7 Å². The number of aromatic hydroxyl groups is 2. The monoisotopic (exact) mass is 314 g/mol. The zero-order chi connectivity index (χ0) is 16.8. The molecule has 2 aromatic rings. The zero-order valence-corrected chi connectivity index (χ0v) is 13.2. The molecule has 0 fully saturated rings. The molecule has 2 rings (SSSR count). The number of allylic oxidation sites excluding steroid dienone is 1. The first-order valence-electron chi connectivity index (χ1n) is 7.47. The summed E-state index contributed by atoms with van der Waals surface area (Å²) in [4.78, 5) is 0. The second-order valence-corrected chi connectivity index (χ2v) is 5.50. The Bertz CT molecular complexity index is 679. The largest absolute Gasteiger partial charge is 0.508 e. The van der Waals surface area contributed by atoms with E-state index in [0.717, 1.165) is 11.1 Å². The Hall–Kier alpha value is -2.30. The SMILES string of the molecule is C=CCc1ccc(O)c(-c2ccc(O)c(CC(O)COC)c2)c1. The molecule has 0 amide bonds. The molecule has 0 bridgehead atoms. The van der Waals surface area contributed by atoms with Crippen LogP contribution in [0.3, 0.4) is 0 Å². The van der Waals surface area contributed by atoms with E-state index < -0.39 is 6.10 Å². The van der Waals surface area contributed by atoms with Crippen LogP contribution >= 0.6 is 0 Å². The first-order chi connectivity index (χ1) is 11.0. The molecule has 0 radical (unpaired) electrons. The van der Waals surface area contributed by atoms with Crippen LogP contribution in [0.1, 0.15) is 11.1 Å². The fourth-order valence-corrected chi connectivity index (χ4v) is 2.53. The number of phenolic OH excluding ortho intramolecular Hbond substituents is 2. The first kappa shape index (κ1) is 17.1. The first-order valence-corrected chi connectivity index (χ1v) is 7.47. The maximum absolute atomic E-state index is 10.1. The summed E-state index contributed by atoms with van der Waals surface area (Å²) in [5.41, 5.74) is 3.13. The van der Waals surface area contributed by atoms with Gasteiger partial charge in [0.25, 0.3) is 0 Å². The number of ether oxygens (including phenoxy) is 1. The molecular weight excluding hydrogens is 292 g/mol. The summed E-state index contributed by atoms with van der Waals surface area (Å²) >= 11 is 0. The van der Waals surface area contributed by atoms with Crippen LogP contribution in [0.4, 0.5) is 0 Å². The number of phenols is 2. The van der Waals surface area contributed by atoms with Crippen molar-refractivity contribution in [3.8, 4) is 22.6 Å². The van der Waals surface area contributed by atoms with E-state index in [0.29, 0.717) is 17.5 Å². The Balaban J connectivity index is 2.36. The van der Waals surface area contributed by atoms with Crippen LogP contribution in [-0.2, 0) is 17.6 Å². The third-order valence-electron chi connectivity index (χ3n) is 3.65. The quantitative estimate of drug-likeness (QED) is 0.687. The number of aliphatic hydroxyl groups excluding tert-OH is 1. The van der Waals surface area contributed by atoms with Crippen molar-refractivity contribution in [3.63, 3.8) is 0 Å². The van der Waals surface area contributed by atoms with E-state index >= 15 is 0 Å². The van der Waals surface area contributed by atoms with Crippen LogP contribution in [0, 0.1) is 0 Å². The van der Waals surface area contributed by atoms with Gasteiger partial charge in [-0.15, -0.1) is 6.58 Å². The minimum absolute atomic E-state index is 0.116. The molecule has 4 heteroatoms. The lowest BCUT2D eigenvalue weighted by atomic mass is 9.97. The van der Waals surface area contributed by atoms with Crippen molar-refractivity contribution in [1.29, 1.82) is 0 Å². The molecule has 1 atom stereocenters. The van der Waals surface area contributed by atoms with Gasteiger partial charge in [0.1, 0.15) is 11.5 Å². The van der Waals surface area contributed by atoms with Crippen molar-refractivity contribution in [3.05, 3.63) is 60.2 Å². The molecule has 0 aliphatic heterocycles. The number of hydrogen-bond acceptors (Lipinski definition) is 4. The Morgan fingerprint density at radius 3 is 2.57 bits per heavy atom. The Morgan fingerprint density at radius 1 is 1.13 bits per heavy atom. The summed E-state index contributed by atoms with van der Waals surface area (Å²) < 4.78 is 4.91. The lowest BCUT2D eigenvalue weighted by Crippen LogP contribution is -2.17. The van der Waals surface area contributed by atoms with Crippen LogP contribution in [0.5, 0.6) is 11.5 Å². The van der Waals surface area contributed by atoms with Crippen LogP contribution in [0.25, 0.3) is 11.1 Å². The number of rotatable bonds is 7. The molecule has 122 valence electrons. The lowest BCUT2D eigenvalue weighted by Gasteiger charge is -2.13. The van der Waals surface area contributed by atoms with Gasteiger partial charge in [0.2, 0.25) is 0 Å². The number of methoxy groups -OCH3 is 1. The van der Waals surface area contributed by atoms with E-state index in [2.05, 4.69) is 6.58 Å². The molecular formula is C19H22O4. The minimum Gasteiger partial charge on any atom is -0.508 e. The van der Waals surface area contributed by atoms with E-state index in [1.165, 1.54) is 7.11 Å². The van der Waals surface area contributed by atoms with Crippen molar-refractivity contribution in [2.75, 3.05) is 13.7 Å². The second-order valence-electron chi connectivity index (χ2n) is 5.50. The van der Waals surface area contributed by atoms with Gasteiger partial charge in [-0.2, -0.15) is 0 Å². The van der Waals surface area contributed by atoms with Crippen molar-refractivity contribution in [2.24, 2.45) is 0 Å². The predicted molar refractivity (Wildman–Crippen MR) is 90.7 cm³/mol. The fraction of sp³-hybridized carbons (Fsp3) is 0.263. The topological polar surface area (TPSA) is 69.9 Å². The molecule has 1 unspecified atom stereocenters. The third kappa shape index (κ3) is 4.34. The van der Waals surface area contributed by atoms with Crippen molar-refractivity contribution in [1.82, 2.24) is 0 Å². The Labute approximate surface area is 136 Å². The van der Waals surface area contributed by atoms with Gasteiger partial charge in [0.15, 0.2) is 0 Å². The van der Waals surface area contributed by atoms with Crippen LogP contribution in [0.15, 0.2) is 49.1 Å². The van der Waals surface area contributed by atoms with Gasteiger partial charge in [-0.25, -0.2) is 0 Å². The minimum atomic E-state index is -0.693. The molecule has 23 heavy (non-hydrogen) atoms. The van der Waals surface area contributed by atoms with Crippen molar-refractivity contribution < 1.29 is 20.1 Å². The maximum Gasteiger partial charge on any atom is 0.123 e. The second kappa shape index (κ2) is 7.81. The molecule has 4 nitrogen and oxygen atoms in total. The summed E-state index contributed by atoms with van der Waals surface area (Å²) in [7, 11) is 1.52. The molecule has 0 aliphatic carbocycles.